The Morgan fingerprint density at radius 1 is 1.43 bits per heavy atom. The van der Waals surface area contributed by atoms with Crippen LogP contribution in [0.4, 0.5) is 5.69 Å². The molecular weight excluding hydrogens is 290 g/mol. The molecule has 116 valence electrons. The van der Waals surface area contributed by atoms with Gasteiger partial charge in [0.2, 0.25) is 0 Å². The highest BCUT2D eigenvalue weighted by molar-refractivity contribution is 6.30. The molecule has 1 N–H and O–H groups in total. The lowest BCUT2D eigenvalue weighted by Crippen LogP contribution is -2.41. The smallest absolute Gasteiger partial charge is 0.275 e. The van der Waals surface area contributed by atoms with Gasteiger partial charge in [-0.1, -0.05) is 18.5 Å². The van der Waals surface area contributed by atoms with Crippen LogP contribution in [0, 0.1) is 15.5 Å². The van der Waals surface area contributed by atoms with Crippen molar-refractivity contribution in [2.24, 2.45) is 5.41 Å². The Morgan fingerprint density at radius 3 is 2.71 bits per heavy atom. The molecule has 0 amide bonds. The van der Waals surface area contributed by atoms with Crippen LogP contribution >= 0.6 is 11.6 Å². The highest BCUT2D eigenvalue weighted by Gasteiger charge is 2.28. The predicted octanol–water partition coefficient (Wildman–Crippen LogP) is 3.07. The highest BCUT2D eigenvalue weighted by Crippen LogP contribution is 2.30. The Kier molecular flexibility index (Phi) is 5.19. The van der Waals surface area contributed by atoms with E-state index >= 15 is 0 Å². The lowest BCUT2D eigenvalue weighted by atomic mass is 9.80. The van der Waals surface area contributed by atoms with Gasteiger partial charge in [-0.15, -0.1) is 0 Å². The minimum absolute atomic E-state index is 0.0866. The molecule has 1 heterocycles. The number of piperidine rings is 1. The molecule has 1 fully saturated rings. The van der Waals surface area contributed by atoms with Gasteiger partial charge in [0.25, 0.3) is 5.69 Å². The van der Waals surface area contributed by atoms with E-state index in [9.17, 15) is 10.1 Å². The summed E-state index contributed by atoms with van der Waals surface area (Å²) in [4.78, 5) is 13.0. The van der Waals surface area contributed by atoms with Crippen LogP contribution in [0.2, 0.25) is 5.02 Å². The molecule has 0 saturated carbocycles. The Hall–Kier alpha value is -1.17. The summed E-state index contributed by atoms with van der Waals surface area (Å²) in [5.41, 5.74) is 1.04. The molecule has 0 spiro atoms. The number of hydrogen-bond donors (Lipinski definition) is 1. The largest absolute Gasteiger partial charge is 0.312 e. The zero-order valence-electron chi connectivity index (χ0n) is 12.6. The van der Waals surface area contributed by atoms with Gasteiger partial charge in [-0.25, -0.2) is 0 Å². The van der Waals surface area contributed by atoms with Crippen molar-refractivity contribution >= 4 is 17.3 Å². The number of benzene rings is 1. The lowest BCUT2D eigenvalue weighted by Gasteiger charge is -2.38. The molecule has 2 rings (SSSR count). The number of nitro groups is 1. The minimum Gasteiger partial charge on any atom is -0.312 e. The Balaban J connectivity index is 1.93. The first kappa shape index (κ1) is 16.2. The van der Waals surface area contributed by atoms with E-state index in [0.717, 1.165) is 32.5 Å². The van der Waals surface area contributed by atoms with Gasteiger partial charge in [0, 0.05) is 29.7 Å². The van der Waals surface area contributed by atoms with Crippen molar-refractivity contribution in [3.05, 3.63) is 38.9 Å². The maximum absolute atomic E-state index is 11.1. The zero-order valence-corrected chi connectivity index (χ0v) is 13.3. The fraction of sp³-hybridized carbons (Fsp3) is 0.600. The molecule has 1 aromatic rings. The van der Waals surface area contributed by atoms with Crippen LogP contribution in [0.3, 0.4) is 0 Å². The SMILES string of the molecule is CN1CCC(C)(CNCc2ccc(Cl)cc2[N+](=O)[O-])CC1. The van der Waals surface area contributed by atoms with Gasteiger partial charge < -0.3 is 10.2 Å². The summed E-state index contributed by atoms with van der Waals surface area (Å²) in [7, 11) is 2.14. The van der Waals surface area contributed by atoms with E-state index in [2.05, 4.69) is 24.2 Å². The third kappa shape index (κ3) is 4.40. The number of nitro benzene ring substituents is 1. The summed E-state index contributed by atoms with van der Waals surface area (Å²) in [6.07, 6.45) is 2.30. The molecule has 1 aliphatic rings. The van der Waals surface area contributed by atoms with Gasteiger partial charge in [0.15, 0.2) is 0 Å². The van der Waals surface area contributed by atoms with Gasteiger partial charge in [0.05, 0.1) is 4.92 Å². The molecule has 0 atom stereocenters. The lowest BCUT2D eigenvalue weighted by molar-refractivity contribution is -0.385. The van der Waals surface area contributed by atoms with E-state index in [4.69, 9.17) is 11.6 Å². The third-order valence-corrected chi connectivity index (χ3v) is 4.54. The zero-order chi connectivity index (χ0) is 15.5. The first-order valence-corrected chi connectivity index (χ1v) is 7.59. The van der Waals surface area contributed by atoms with E-state index in [-0.39, 0.29) is 16.0 Å². The first-order valence-electron chi connectivity index (χ1n) is 7.22. The van der Waals surface area contributed by atoms with E-state index < -0.39 is 0 Å². The van der Waals surface area contributed by atoms with Crippen molar-refractivity contribution in [3.8, 4) is 0 Å². The standard InChI is InChI=1S/C15H22ClN3O2/c1-15(5-7-18(2)8-6-15)11-17-10-12-3-4-13(16)9-14(12)19(20)21/h3-4,9,17H,5-8,10-11H2,1-2H3. The first-order chi connectivity index (χ1) is 9.89. The number of nitrogens with one attached hydrogen (secondary N) is 1. The summed E-state index contributed by atoms with van der Waals surface area (Å²) in [6.45, 7) is 5.88. The van der Waals surface area contributed by atoms with Crippen molar-refractivity contribution in [3.63, 3.8) is 0 Å². The van der Waals surface area contributed by atoms with Gasteiger partial charge in [0.1, 0.15) is 0 Å². The Morgan fingerprint density at radius 2 is 2.10 bits per heavy atom. The van der Waals surface area contributed by atoms with E-state index in [1.165, 1.54) is 6.07 Å². The van der Waals surface area contributed by atoms with Crippen LogP contribution in [0.15, 0.2) is 18.2 Å². The minimum atomic E-state index is -0.375. The van der Waals surface area contributed by atoms with Crippen LogP contribution < -0.4 is 5.32 Å². The van der Waals surface area contributed by atoms with Crippen LogP contribution in [0.1, 0.15) is 25.3 Å². The maximum atomic E-state index is 11.1. The topological polar surface area (TPSA) is 58.4 Å². The fourth-order valence-corrected chi connectivity index (χ4v) is 2.86. The molecule has 21 heavy (non-hydrogen) atoms. The van der Waals surface area contributed by atoms with Crippen LogP contribution in [-0.4, -0.2) is 36.5 Å². The number of nitrogens with zero attached hydrogens (tertiary/aromatic N) is 2. The van der Waals surface area contributed by atoms with E-state index in [1.807, 2.05) is 0 Å². The average Bonchev–Trinajstić information content (AvgIpc) is 2.44. The molecule has 0 radical (unpaired) electrons. The van der Waals surface area contributed by atoms with Crippen molar-refractivity contribution in [1.29, 1.82) is 0 Å². The monoisotopic (exact) mass is 311 g/mol. The van der Waals surface area contributed by atoms with Gasteiger partial charge in [-0.2, -0.15) is 0 Å². The fourth-order valence-electron chi connectivity index (χ4n) is 2.69. The molecule has 1 aromatic carbocycles. The van der Waals surface area contributed by atoms with Crippen LogP contribution in [0.25, 0.3) is 0 Å². The average molecular weight is 312 g/mol. The van der Waals surface area contributed by atoms with Crippen LogP contribution in [0.5, 0.6) is 0 Å². The second-order valence-corrected chi connectivity index (χ2v) is 6.68. The van der Waals surface area contributed by atoms with Crippen molar-refractivity contribution in [2.45, 2.75) is 26.3 Å². The number of hydrogen-bond acceptors (Lipinski definition) is 4. The molecule has 0 aromatic heterocycles. The predicted molar refractivity (Wildman–Crippen MR) is 84.7 cm³/mol. The Bertz CT molecular complexity index is 514. The van der Waals surface area contributed by atoms with Crippen molar-refractivity contribution < 1.29 is 4.92 Å². The molecule has 0 bridgehead atoms. The van der Waals surface area contributed by atoms with Crippen LogP contribution in [-0.2, 0) is 6.54 Å². The normalized spacial score (nSPS) is 18.6. The van der Waals surface area contributed by atoms with Gasteiger partial charge >= 0.3 is 0 Å². The van der Waals surface area contributed by atoms with Crippen molar-refractivity contribution in [2.75, 3.05) is 26.7 Å². The number of rotatable bonds is 5. The summed E-state index contributed by atoms with van der Waals surface area (Å²) < 4.78 is 0. The molecule has 1 saturated heterocycles. The van der Waals surface area contributed by atoms with Gasteiger partial charge in [-0.3, -0.25) is 10.1 Å². The number of likely N-dealkylation sites (tertiary alicyclic amines) is 1. The van der Waals surface area contributed by atoms with Gasteiger partial charge in [-0.05, 0) is 50.5 Å². The quantitative estimate of drug-likeness (QED) is 0.670. The molecule has 6 heteroatoms. The summed E-state index contributed by atoms with van der Waals surface area (Å²) in [5.74, 6) is 0. The molecular formula is C15H22ClN3O2. The van der Waals surface area contributed by atoms with E-state index in [1.54, 1.807) is 12.1 Å². The second kappa shape index (κ2) is 6.73. The second-order valence-electron chi connectivity index (χ2n) is 6.25. The van der Waals surface area contributed by atoms with E-state index in [0.29, 0.717) is 17.1 Å². The molecule has 0 unspecified atom stereocenters. The summed E-state index contributed by atoms with van der Waals surface area (Å²) in [6, 6.07) is 4.84. The Labute approximate surface area is 130 Å². The summed E-state index contributed by atoms with van der Waals surface area (Å²) in [5, 5.41) is 14.8. The van der Waals surface area contributed by atoms with Crippen molar-refractivity contribution in [1.82, 2.24) is 10.2 Å². The number of halogens is 1. The molecule has 1 aliphatic heterocycles. The highest BCUT2D eigenvalue weighted by atomic mass is 35.5. The maximum Gasteiger partial charge on any atom is 0.275 e. The molecule has 0 aliphatic carbocycles. The third-order valence-electron chi connectivity index (χ3n) is 4.31. The molecule has 5 nitrogen and oxygen atoms in total. The summed E-state index contributed by atoms with van der Waals surface area (Å²) >= 11 is 5.82.